The van der Waals surface area contributed by atoms with Crippen molar-refractivity contribution in [1.29, 1.82) is 0 Å². The van der Waals surface area contributed by atoms with E-state index >= 15 is 0 Å². The number of aromatic nitrogens is 2. The van der Waals surface area contributed by atoms with Gasteiger partial charge in [0.1, 0.15) is 0 Å². The van der Waals surface area contributed by atoms with E-state index in [1.807, 2.05) is 54.3 Å². The molecule has 0 saturated heterocycles. The molecule has 0 unspecified atom stereocenters. The Kier molecular flexibility index (Phi) is 5.01. The second-order valence-corrected chi connectivity index (χ2v) is 8.63. The molecule has 1 saturated carbocycles. The monoisotopic (exact) mass is 416 g/mol. The van der Waals surface area contributed by atoms with Gasteiger partial charge in [0.2, 0.25) is 0 Å². The van der Waals surface area contributed by atoms with Gasteiger partial charge in [-0.2, -0.15) is 0 Å². The number of para-hydroxylation sites is 1. The quantitative estimate of drug-likeness (QED) is 0.444. The minimum Gasteiger partial charge on any atom is -0.321 e. The predicted molar refractivity (Wildman–Crippen MR) is 122 cm³/mol. The standard InChI is InChI=1S/C24H24N4OS/c1-17-7-5-6-10-21(17)25-23(29)27(19-11-12-19)14-13-20-16-30-24-26-22(15-28(20)24)18-8-3-2-4-9-18/h2-10,15-16,19H,11-14H2,1H3,(H,25,29). The number of aryl methyl sites for hydroxylation is 1. The van der Waals surface area contributed by atoms with E-state index in [9.17, 15) is 4.79 Å². The number of imidazole rings is 1. The average Bonchev–Trinajstić information content (AvgIpc) is 3.39. The van der Waals surface area contributed by atoms with Crippen molar-refractivity contribution in [3.8, 4) is 11.3 Å². The van der Waals surface area contributed by atoms with Gasteiger partial charge in [0.05, 0.1) is 5.69 Å². The van der Waals surface area contributed by atoms with Crippen molar-refractivity contribution in [3.05, 3.63) is 77.4 Å². The highest BCUT2D eigenvalue weighted by atomic mass is 32.1. The summed E-state index contributed by atoms with van der Waals surface area (Å²) in [5.41, 5.74) is 5.26. The molecule has 1 fully saturated rings. The van der Waals surface area contributed by atoms with Gasteiger partial charge in [-0.25, -0.2) is 9.78 Å². The molecule has 1 aliphatic carbocycles. The van der Waals surface area contributed by atoms with E-state index < -0.39 is 0 Å². The number of hydrogen-bond donors (Lipinski definition) is 1. The van der Waals surface area contributed by atoms with E-state index in [2.05, 4.69) is 33.4 Å². The third-order valence-corrected chi connectivity index (χ3v) is 6.49. The summed E-state index contributed by atoms with van der Waals surface area (Å²) in [5.74, 6) is 0. The first-order valence-electron chi connectivity index (χ1n) is 10.3. The van der Waals surface area contributed by atoms with Crippen molar-refractivity contribution in [2.24, 2.45) is 0 Å². The minimum atomic E-state index is -0.00567. The largest absolute Gasteiger partial charge is 0.322 e. The lowest BCUT2D eigenvalue weighted by Gasteiger charge is -2.23. The summed E-state index contributed by atoms with van der Waals surface area (Å²) in [6.07, 6.45) is 5.08. The normalized spacial score (nSPS) is 13.5. The molecule has 6 heteroatoms. The van der Waals surface area contributed by atoms with Gasteiger partial charge in [-0.15, -0.1) is 11.3 Å². The smallest absolute Gasteiger partial charge is 0.321 e. The zero-order valence-corrected chi connectivity index (χ0v) is 17.7. The van der Waals surface area contributed by atoms with Gasteiger partial charge in [0.25, 0.3) is 0 Å². The molecule has 1 aliphatic rings. The Morgan fingerprint density at radius 2 is 1.93 bits per heavy atom. The number of fused-ring (bicyclic) bond motifs is 1. The van der Waals surface area contributed by atoms with Crippen LogP contribution in [0.3, 0.4) is 0 Å². The SMILES string of the molecule is Cc1ccccc1NC(=O)N(CCc1csc2nc(-c3ccccc3)cn12)C1CC1. The van der Waals surface area contributed by atoms with Gasteiger partial charge in [-0.1, -0.05) is 48.5 Å². The molecule has 5 nitrogen and oxygen atoms in total. The topological polar surface area (TPSA) is 49.6 Å². The van der Waals surface area contributed by atoms with Crippen molar-refractivity contribution in [2.45, 2.75) is 32.2 Å². The van der Waals surface area contributed by atoms with Crippen LogP contribution >= 0.6 is 11.3 Å². The molecule has 0 aliphatic heterocycles. The van der Waals surface area contributed by atoms with E-state index in [-0.39, 0.29) is 6.03 Å². The zero-order valence-electron chi connectivity index (χ0n) is 16.9. The molecule has 152 valence electrons. The average molecular weight is 417 g/mol. The van der Waals surface area contributed by atoms with Crippen LogP contribution in [0.1, 0.15) is 24.1 Å². The third-order valence-electron chi connectivity index (χ3n) is 5.60. The molecule has 2 aromatic heterocycles. The molecule has 1 N–H and O–H groups in total. The summed E-state index contributed by atoms with van der Waals surface area (Å²) in [6, 6.07) is 18.5. The highest BCUT2D eigenvalue weighted by Crippen LogP contribution is 2.29. The fraction of sp³-hybridized carbons (Fsp3) is 0.250. The molecular formula is C24H24N4OS. The molecule has 2 aromatic carbocycles. The fourth-order valence-corrected chi connectivity index (χ4v) is 4.64. The van der Waals surface area contributed by atoms with Crippen LogP contribution in [0, 0.1) is 6.92 Å². The van der Waals surface area contributed by atoms with Gasteiger partial charge in [0, 0.05) is 47.5 Å². The number of nitrogens with one attached hydrogen (secondary N) is 1. The summed E-state index contributed by atoms with van der Waals surface area (Å²) in [6.45, 7) is 2.72. The Hall–Kier alpha value is -3.12. The van der Waals surface area contributed by atoms with Gasteiger partial charge >= 0.3 is 6.03 Å². The Bertz CT molecular complexity index is 1180. The number of carbonyl (C=O) groups excluding carboxylic acids is 1. The van der Waals surface area contributed by atoms with Crippen molar-refractivity contribution < 1.29 is 4.79 Å². The van der Waals surface area contributed by atoms with Crippen LogP contribution < -0.4 is 5.32 Å². The number of amides is 2. The number of rotatable bonds is 6. The number of anilines is 1. The van der Waals surface area contributed by atoms with Crippen LogP contribution in [-0.4, -0.2) is 32.9 Å². The van der Waals surface area contributed by atoms with Crippen LogP contribution in [0.4, 0.5) is 10.5 Å². The maximum atomic E-state index is 13.0. The lowest BCUT2D eigenvalue weighted by atomic mass is 10.2. The molecule has 4 aromatic rings. The number of thiazole rings is 1. The molecule has 30 heavy (non-hydrogen) atoms. The molecule has 2 amide bonds. The third kappa shape index (κ3) is 3.83. The van der Waals surface area contributed by atoms with E-state index in [1.165, 1.54) is 5.69 Å². The van der Waals surface area contributed by atoms with Crippen LogP contribution in [0.5, 0.6) is 0 Å². The Morgan fingerprint density at radius 3 is 2.70 bits per heavy atom. The Morgan fingerprint density at radius 1 is 1.17 bits per heavy atom. The van der Waals surface area contributed by atoms with Gasteiger partial charge in [-0.3, -0.25) is 4.40 Å². The van der Waals surface area contributed by atoms with Crippen molar-refractivity contribution in [1.82, 2.24) is 14.3 Å². The van der Waals surface area contributed by atoms with Gasteiger partial charge < -0.3 is 10.2 Å². The maximum absolute atomic E-state index is 13.0. The molecule has 0 bridgehead atoms. The zero-order chi connectivity index (χ0) is 20.5. The number of carbonyl (C=O) groups is 1. The molecular weight excluding hydrogens is 392 g/mol. The lowest BCUT2D eigenvalue weighted by molar-refractivity contribution is 0.209. The Labute approximate surface area is 180 Å². The van der Waals surface area contributed by atoms with Crippen LogP contribution in [0.2, 0.25) is 0 Å². The van der Waals surface area contributed by atoms with Crippen molar-refractivity contribution in [3.63, 3.8) is 0 Å². The van der Waals surface area contributed by atoms with E-state index in [0.717, 1.165) is 46.7 Å². The second-order valence-electron chi connectivity index (χ2n) is 7.79. The first-order valence-corrected chi connectivity index (χ1v) is 11.2. The lowest BCUT2D eigenvalue weighted by Crippen LogP contribution is -2.38. The van der Waals surface area contributed by atoms with E-state index in [1.54, 1.807) is 11.3 Å². The number of benzene rings is 2. The molecule has 0 atom stereocenters. The summed E-state index contributed by atoms with van der Waals surface area (Å²) in [4.78, 5) is 20.7. The van der Waals surface area contributed by atoms with Crippen molar-refractivity contribution in [2.75, 3.05) is 11.9 Å². The predicted octanol–water partition coefficient (Wildman–Crippen LogP) is 5.61. The number of hydrogen-bond acceptors (Lipinski definition) is 3. The van der Waals surface area contributed by atoms with E-state index in [4.69, 9.17) is 4.98 Å². The van der Waals surface area contributed by atoms with Crippen LogP contribution in [0.25, 0.3) is 16.2 Å². The van der Waals surface area contributed by atoms with Gasteiger partial charge in [0.15, 0.2) is 4.96 Å². The molecule has 2 heterocycles. The van der Waals surface area contributed by atoms with Crippen LogP contribution in [-0.2, 0) is 6.42 Å². The van der Waals surface area contributed by atoms with Crippen LogP contribution in [0.15, 0.2) is 66.2 Å². The first kappa shape index (κ1) is 18.9. The minimum absolute atomic E-state index is 0.00567. The Balaban J connectivity index is 1.31. The highest BCUT2D eigenvalue weighted by Gasteiger charge is 2.32. The fourth-order valence-electron chi connectivity index (χ4n) is 3.73. The summed E-state index contributed by atoms with van der Waals surface area (Å²) in [7, 11) is 0. The summed E-state index contributed by atoms with van der Waals surface area (Å²) in [5, 5.41) is 5.25. The van der Waals surface area contributed by atoms with E-state index in [0.29, 0.717) is 12.6 Å². The number of nitrogens with zero attached hydrogens (tertiary/aromatic N) is 3. The first-order chi connectivity index (χ1) is 14.7. The highest BCUT2D eigenvalue weighted by molar-refractivity contribution is 7.15. The van der Waals surface area contributed by atoms with Crippen molar-refractivity contribution >= 4 is 28.0 Å². The summed E-state index contributed by atoms with van der Waals surface area (Å²) >= 11 is 1.65. The maximum Gasteiger partial charge on any atom is 0.322 e. The number of urea groups is 1. The molecule has 0 spiro atoms. The summed E-state index contributed by atoms with van der Waals surface area (Å²) < 4.78 is 2.16. The molecule has 5 rings (SSSR count). The molecule has 0 radical (unpaired) electrons. The second kappa shape index (κ2) is 7.95. The van der Waals surface area contributed by atoms with Gasteiger partial charge in [-0.05, 0) is 31.4 Å².